The molecular formula is C17H23N3O3. The van der Waals surface area contributed by atoms with Gasteiger partial charge < -0.3 is 14.8 Å². The zero-order chi connectivity index (χ0) is 16.8. The number of ether oxygens (including phenoxy) is 2. The number of hydrogen-bond acceptors (Lipinski definition) is 4. The van der Waals surface area contributed by atoms with Crippen LogP contribution in [0.4, 0.5) is 0 Å². The number of rotatable bonds is 7. The number of amides is 1. The lowest BCUT2D eigenvalue weighted by atomic mass is 10.2. The SMILES string of the molecule is CCOc1ccc(C(=O)NCc2cc(C)nn2C)cc1OCC. The molecule has 1 aromatic carbocycles. The van der Waals surface area contributed by atoms with Gasteiger partial charge in [0.25, 0.3) is 5.91 Å². The highest BCUT2D eigenvalue weighted by Crippen LogP contribution is 2.28. The van der Waals surface area contributed by atoms with Gasteiger partial charge >= 0.3 is 0 Å². The van der Waals surface area contributed by atoms with Crippen molar-refractivity contribution in [2.45, 2.75) is 27.3 Å². The molecule has 1 aromatic heterocycles. The van der Waals surface area contributed by atoms with Gasteiger partial charge in [0.2, 0.25) is 0 Å². The highest BCUT2D eigenvalue weighted by molar-refractivity contribution is 5.94. The number of hydrogen-bond donors (Lipinski definition) is 1. The van der Waals surface area contributed by atoms with Crippen LogP contribution < -0.4 is 14.8 Å². The fraction of sp³-hybridized carbons (Fsp3) is 0.412. The average Bonchev–Trinajstić information content (AvgIpc) is 2.85. The van der Waals surface area contributed by atoms with Crippen LogP contribution >= 0.6 is 0 Å². The van der Waals surface area contributed by atoms with Crippen molar-refractivity contribution in [1.29, 1.82) is 0 Å². The Morgan fingerprint density at radius 1 is 1.17 bits per heavy atom. The summed E-state index contributed by atoms with van der Waals surface area (Å²) in [6.07, 6.45) is 0. The molecule has 0 atom stereocenters. The molecule has 0 aliphatic carbocycles. The summed E-state index contributed by atoms with van der Waals surface area (Å²) < 4.78 is 12.8. The molecule has 1 heterocycles. The van der Waals surface area contributed by atoms with E-state index in [1.807, 2.05) is 33.9 Å². The molecule has 6 nitrogen and oxygen atoms in total. The molecule has 2 rings (SSSR count). The summed E-state index contributed by atoms with van der Waals surface area (Å²) in [5.74, 6) is 1.07. The Morgan fingerprint density at radius 2 is 1.87 bits per heavy atom. The second kappa shape index (κ2) is 7.67. The van der Waals surface area contributed by atoms with E-state index in [1.165, 1.54) is 0 Å². The highest BCUT2D eigenvalue weighted by atomic mass is 16.5. The van der Waals surface area contributed by atoms with Crippen molar-refractivity contribution in [3.63, 3.8) is 0 Å². The molecule has 0 bridgehead atoms. The maximum atomic E-state index is 12.3. The lowest BCUT2D eigenvalue weighted by Gasteiger charge is -2.12. The van der Waals surface area contributed by atoms with Crippen LogP contribution in [0.25, 0.3) is 0 Å². The van der Waals surface area contributed by atoms with Gasteiger partial charge in [0, 0.05) is 12.6 Å². The first-order chi connectivity index (χ1) is 11.0. The normalized spacial score (nSPS) is 10.4. The summed E-state index contributed by atoms with van der Waals surface area (Å²) in [7, 11) is 1.86. The Balaban J connectivity index is 2.09. The molecule has 0 saturated heterocycles. The number of benzene rings is 1. The van der Waals surface area contributed by atoms with Crippen molar-refractivity contribution < 1.29 is 14.3 Å². The van der Waals surface area contributed by atoms with E-state index in [-0.39, 0.29) is 5.91 Å². The van der Waals surface area contributed by atoms with Crippen LogP contribution in [0.3, 0.4) is 0 Å². The van der Waals surface area contributed by atoms with E-state index < -0.39 is 0 Å². The quantitative estimate of drug-likeness (QED) is 0.852. The zero-order valence-electron chi connectivity index (χ0n) is 14.0. The van der Waals surface area contributed by atoms with Gasteiger partial charge in [-0.25, -0.2) is 0 Å². The van der Waals surface area contributed by atoms with E-state index in [4.69, 9.17) is 9.47 Å². The van der Waals surface area contributed by atoms with Gasteiger partial charge in [0.05, 0.1) is 31.1 Å². The lowest BCUT2D eigenvalue weighted by molar-refractivity contribution is 0.0949. The minimum absolute atomic E-state index is 0.159. The highest BCUT2D eigenvalue weighted by Gasteiger charge is 2.12. The lowest BCUT2D eigenvalue weighted by Crippen LogP contribution is -2.24. The summed E-state index contributed by atoms with van der Waals surface area (Å²) in [4.78, 5) is 12.3. The summed E-state index contributed by atoms with van der Waals surface area (Å²) in [5, 5.41) is 7.16. The summed E-state index contributed by atoms with van der Waals surface area (Å²) >= 11 is 0. The van der Waals surface area contributed by atoms with Crippen molar-refractivity contribution in [3.8, 4) is 11.5 Å². The van der Waals surface area contributed by atoms with Crippen molar-refractivity contribution in [2.24, 2.45) is 7.05 Å². The molecule has 0 aliphatic heterocycles. The third kappa shape index (κ3) is 4.25. The van der Waals surface area contributed by atoms with Gasteiger partial charge in [-0.15, -0.1) is 0 Å². The molecule has 0 spiro atoms. The third-order valence-electron chi connectivity index (χ3n) is 3.33. The van der Waals surface area contributed by atoms with Crippen LogP contribution in [-0.4, -0.2) is 28.9 Å². The Bertz CT molecular complexity index is 680. The monoisotopic (exact) mass is 317 g/mol. The minimum atomic E-state index is -0.159. The fourth-order valence-electron chi connectivity index (χ4n) is 2.29. The number of carbonyl (C=O) groups is 1. The molecule has 23 heavy (non-hydrogen) atoms. The zero-order valence-corrected chi connectivity index (χ0v) is 14.0. The van der Waals surface area contributed by atoms with E-state index in [2.05, 4.69) is 10.4 Å². The molecule has 2 aromatic rings. The van der Waals surface area contributed by atoms with Crippen LogP contribution in [0.15, 0.2) is 24.3 Å². The van der Waals surface area contributed by atoms with Gasteiger partial charge in [0.15, 0.2) is 11.5 Å². The predicted octanol–water partition coefficient (Wildman–Crippen LogP) is 2.46. The Kier molecular flexibility index (Phi) is 5.62. The molecule has 124 valence electrons. The smallest absolute Gasteiger partial charge is 0.251 e. The molecule has 0 aliphatic rings. The maximum Gasteiger partial charge on any atom is 0.251 e. The molecule has 6 heteroatoms. The van der Waals surface area contributed by atoms with Crippen molar-refractivity contribution in [2.75, 3.05) is 13.2 Å². The van der Waals surface area contributed by atoms with Crippen LogP contribution in [0.2, 0.25) is 0 Å². The molecule has 0 fully saturated rings. The second-order valence-corrected chi connectivity index (χ2v) is 5.11. The van der Waals surface area contributed by atoms with E-state index in [1.54, 1.807) is 22.9 Å². The molecule has 0 unspecified atom stereocenters. The number of nitrogens with one attached hydrogen (secondary N) is 1. The van der Waals surface area contributed by atoms with E-state index in [0.717, 1.165) is 11.4 Å². The molecule has 0 saturated carbocycles. The first kappa shape index (κ1) is 16.9. The van der Waals surface area contributed by atoms with E-state index in [9.17, 15) is 4.79 Å². The average molecular weight is 317 g/mol. The fourth-order valence-corrected chi connectivity index (χ4v) is 2.29. The summed E-state index contributed by atoms with van der Waals surface area (Å²) in [6, 6.07) is 7.15. The third-order valence-corrected chi connectivity index (χ3v) is 3.33. The second-order valence-electron chi connectivity index (χ2n) is 5.11. The van der Waals surface area contributed by atoms with Crippen LogP contribution in [-0.2, 0) is 13.6 Å². The number of nitrogens with zero attached hydrogens (tertiary/aromatic N) is 2. The van der Waals surface area contributed by atoms with Crippen LogP contribution in [0.5, 0.6) is 11.5 Å². The number of aryl methyl sites for hydroxylation is 2. The van der Waals surface area contributed by atoms with E-state index in [0.29, 0.717) is 36.8 Å². The van der Waals surface area contributed by atoms with Crippen LogP contribution in [0.1, 0.15) is 35.6 Å². The standard InChI is InChI=1S/C17H23N3O3/c1-5-22-15-8-7-13(10-16(15)23-6-2)17(21)18-11-14-9-12(3)19-20(14)4/h7-10H,5-6,11H2,1-4H3,(H,18,21). The Hall–Kier alpha value is -2.50. The van der Waals surface area contributed by atoms with Crippen molar-refractivity contribution in [1.82, 2.24) is 15.1 Å². The van der Waals surface area contributed by atoms with Gasteiger partial charge in [-0.2, -0.15) is 5.10 Å². The van der Waals surface area contributed by atoms with E-state index >= 15 is 0 Å². The molecule has 1 amide bonds. The number of aromatic nitrogens is 2. The summed E-state index contributed by atoms with van der Waals surface area (Å²) in [6.45, 7) is 7.21. The number of carbonyl (C=O) groups excluding carboxylic acids is 1. The van der Waals surface area contributed by atoms with Gasteiger partial charge in [0.1, 0.15) is 0 Å². The molecule has 1 N–H and O–H groups in total. The van der Waals surface area contributed by atoms with Crippen molar-refractivity contribution in [3.05, 3.63) is 41.2 Å². The predicted molar refractivity (Wildman–Crippen MR) is 87.9 cm³/mol. The van der Waals surface area contributed by atoms with Gasteiger partial charge in [-0.05, 0) is 45.0 Å². The molecular weight excluding hydrogens is 294 g/mol. The Labute approximate surface area is 136 Å². The van der Waals surface area contributed by atoms with Gasteiger partial charge in [-0.1, -0.05) is 0 Å². The van der Waals surface area contributed by atoms with Crippen molar-refractivity contribution >= 4 is 5.91 Å². The maximum absolute atomic E-state index is 12.3. The topological polar surface area (TPSA) is 65.4 Å². The Morgan fingerprint density at radius 3 is 2.48 bits per heavy atom. The molecule has 0 radical (unpaired) electrons. The van der Waals surface area contributed by atoms with Gasteiger partial charge in [-0.3, -0.25) is 9.48 Å². The minimum Gasteiger partial charge on any atom is -0.490 e. The van der Waals surface area contributed by atoms with Crippen LogP contribution in [0, 0.1) is 6.92 Å². The largest absolute Gasteiger partial charge is 0.490 e. The first-order valence-electron chi connectivity index (χ1n) is 7.72. The first-order valence-corrected chi connectivity index (χ1v) is 7.72. The summed E-state index contributed by atoms with van der Waals surface area (Å²) in [5.41, 5.74) is 2.42.